The van der Waals surface area contributed by atoms with Gasteiger partial charge in [-0.15, -0.1) is 0 Å². The normalized spacial score (nSPS) is 12.5. The van der Waals surface area contributed by atoms with Crippen LogP contribution in [0, 0.1) is 5.41 Å². The van der Waals surface area contributed by atoms with Crippen LogP contribution in [0.15, 0.2) is 12.1 Å². The van der Waals surface area contributed by atoms with Crippen LogP contribution in [0.3, 0.4) is 0 Å². The molecule has 0 aromatic heterocycles. The van der Waals surface area contributed by atoms with Gasteiger partial charge in [0, 0.05) is 12.1 Å². The Kier molecular flexibility index (Phi) is 6.05. The number of amides is 1. The minimum absolute atomic E-state index is 0.215. The van der Waals surface area contributed by atoms with Gasteiger partial charge < -0.3 is 25.3 Å². The van der Waals surface area contributed by atoms with Gasteiger partial charge >= 0.3 is 0 Å². The average molecular weight is 310 g/mol. The van der Waals surface area contributed by atoms with Gasteiger partial charge in [0.2, 0.25) is 5.91 Å². The van der Waals surface area contributed by atoms with Crippen molar-refractivity contribution in [3.8, 4) is 17.2 Å². The Bertz CT molecular complexity index is 498. The molecule has 0 aliphatic carbocycles. The van der Waals surface area contributed by atoms with Crippen molar-refractivity contribution in [1.29, 1.82) is 0 Å². The number of ether oxygens (including phenoxy) is 3. The molecule has 124 valence electrons. The van der Waals surface area contributed by atoms with Gasteiger partial charge in [-0.25, -0.2) is 0 Å². The fraction of sp³-hybridized carbons (Fsp3) is 0.562. The summed E-state index contributed by atoms with van der Waals surface area (Å²) >= 11 is 0. The van der Waals surface area contributed by atoms with E-state index in [-0.39, 0.29) is 17.9 Å². The molecule has 22 heavy (non-hydrogen) atoms. The summed E-state index contributed by atoms with van der Waals surface area (Å²) in [5.41, 5.74) is 6.38. The molecular formula is C16H26N2O4. The van der Waals surface area contributed by atoms with E-state index in [0.717, 1.165) is 5.56 Å². The lowest BCUT2D eigenvalue weighted by molar-refractivity contribution is -0.124. The monoisotopic (exact) mass is 310 g/mol. The van der Waals surface area contributed by atoms with Crippen molar-refractivity contribution in [1.82, 2.24) is 5.32 Å². The third kappa shape index (κ3) is 4.27. The lowest BCUT2D eigenvalue weighted by Crippen LogP contribution is -2.48. The van der Waals surface area contributed by atoms with Crippen molar-refractivity contribution in [3.05, 3.63) is 17.7 Å². The number of hydrogen-bond acceptors (Lipinski definition) is 5. The molecule has 0 bridgehead atoms. The van der Waals surface area contributed by atoms with E-state index in [0.29, 0.717) is 17.2 Å². The summed E-state index contributed by atoms with van der Waals surface area (Å²) in [6, 6.07) is 2.89. The van der Waals surface area contributed by atoms with E-state index >= 15 is 0 Å². The van der Waals surface area contributed by atoms with Crippen molar-refractivity contribution < 1.29 is 19.0 Å². The molecule has 1 amide bonds. The van der Waals surface area contributed by atoms with Crippen LogP contribution >= 0.6 is 0 Å². The number of carbonyl (C=O) groups is 1. The molecule has 0 spiro atoms. The van der Waals surface area contributed by atoms with Gasteiger partial charge in [0.25, 0.3) is 0 Å². The summed E-state index contributed by atoms with van der Waals surface area (Å²) < 4.78 is 15.9. The van der Waals surface area contributed by atoms with Gasteiger partial charge in [0.1, 0.15) is 17.2 Å². The average Bonchev–Trinajstić information content (AvgIpc) is 2.49. The maximum absolute atomic E-state index is 12.1. The number of nitrogens with one attached hydrogen (secondary N) is 1. The van der Waals surface area contributed by atoms with Crippen LogP contribution in [-0.4, -0.2) is 33.3 Å². The van der Waals surface area contributed by atoms with Gasteiger partial charge in [0.15, 0.2) is 0 Å². The van der Waals surface area contributed by atoms with Crippen LogP contribution in [0.25, 0.3) is 0 Å². The zero-order chi connectivity index (χ0) is 16.9. The fourth-order valence-electron chi connectivity index (χ4n) is 1.93. The second-order valence-electron chi connectivity index (χ2n) is 6.07. The highest BCUT2D eigenvalue weighted by atomic mass is 16.5. The number of nitrogens with two attached hydrogens (primary N) is 1. The Labute approximate surface area is 131 Å². The summed E-state index contributed by atoms with van der Waals surface area (Å²) in [6.07, 6.45) is 0. The quantitative estimate of drug-likeness (QED) is 0.835. The van der Waals surface area contributed by atoms with E-state index in [1.165, 1.54) is 0 Å². The molecule has 0 heterocycles. The largest absolute Gasteiger partial charge is 0.496 e. The molecule has 0 saturated heterocycles. The van der Waals surface area contributed by atoms with Crippen LogP contribution < -0.4 is 25.3 Å². The lowest BCUT2D eigenvalue weighted by Gasteiger charge is -2.26. The first-order valence-electron chi connectivity index (χ1n) is 7.06. The highest BCUT2D eigenvalue weighted by Crippen LogP contribution is 2.33. The Hall–Kier alpha value is -1.95. The van der Waals surface area contributed by atoms with Gasteiger partial charge in [-0.05, 0) is 5.41 Å². The summed E-state index contributed by atoms with van der Waals surface area (Å²) in [7, 11) is 4.68. The highest BCUT2D eigenvalue weighted by Gasteiger charge is 2.27. The van der Waals surface area contributed by atoms with E-state index in [9.17, 15) is 4.79 Å². The first-order valence-corrected chi connectivity index (χ1v) is 7.06. The molecule has 0 unspecified atom stereocenters. The molecule has 1 atom stereocenters. The zero-order valence-electron chi connectivity index (χ0n) is 14.1. The van der Waals surface area contributed by atoms with Crippen LogP contribution in [0.1, 0.15) is 26.3 Å². The number of carbonyl (C=O) groups excluding carboxylic acids is 1. The summed E-state index contributed by atoms with van der Waals surface area (Å²) in [5, 5.41) is 2.83. The van der Waals surface area contributed by atoms with Crippen molar-refractivity contribution in [2.75, 3.05) is 21.3 Å². The topological polar surface area (TPSA) is 82.8 Å². The molecule has 0 aliphatic rings. The van der Waals surface area contributed by atoms with E-state index in [4.69, 9.17) is 19.9 Å². The van der Waals surface area contributed by atoms with Crippen LogP contribution in [0.4, 0.5) is 0 Å². The Morgan fingerprint density at radius 3 is 2.00 bits per heavy atom. The third-order valence-electron chi connectivity index (χ3n) is 3.47. The van der Waals surface area contributed by atoms with Gasteiger partial charge in [-0.2, -0.15) is 0 Å². The molecule has 1 rings (SSSR count). The molecule has 6 nitrogen and oxygen atoms in total. The second kappa shape index (κ2) is 7.35. The standard InChI is InChI=1S/C16H26N2O4/c1-16(2,3)14(17)15(19)18-9-11-12(21-5)7-10(20-4)8-13(11)22-6/h7-8,14H,9,17H2,1-6H3,(H,18,19)/t14-/m1/s1. The van der Waals surface area contributed by atoms with Crippen LogP contribution in [0.2, 0.25) is 0 Å². The number of hydrogen-bond donors (Lipinski definition) is 2. The van der Waals surface area contributed by atoms with E-state index < -0.39 is 6.04 Å². The smallest absolute Gasteiger partial charge is 0.237 e. The Balaban J connectivity index is 2.96. The first kappa shape index (κ1) is 18.1. The van der Waals surface area contributed by atoms with E-state index in [2.05, 4.69) is 5.32 Å². The lowest BCUT2D eigenvalue weighted by atomic mass is 9.87. The Morgan fingerprint density at radius 2 is 1.64 bits per heavy atom. The molecule has 0 fully saturated rings. The van der Waals surface area contributed by atoms with E-state index in [1.807, 2.05) is 20.8 Å². The summed E-state index contributed by atoms with van der Waals surface area (Å²) in [5.74, 6) is 1.57. The van der Waals surface area contributed by atoms with Gasteiger partial charge in [-0.3, -0.25) is 4.79 Å². The number of methoxy groups -OCH3 is 3. The molecule has 1 aromatic rings. The van der Waals surface area contributed by atoms with E-state index in [1.54, 1.807) is 33.5 Å². The Morgan fingerprint density at radius 1 is 1.14 bits per heavy atom. The minimum atomic E-state index is -0.595. The first-order chi connectivity index (χ1) is 10.2. The SMILES string of the molecule is COc1cc(OC)c(CNC(=O)[C@@H](N)C(C)(C)C)c(OC)c1. The maximum Gasteiger partial charge on any atom is 0.237 e. The predicted molar refractivity (Wildman–Crippen MR) is 85.4 cm³/mol. The second-order valence-corrected chi connectivity index (χ2v) is 6.07. The molecular weight excluding hydrogens is 284 g/mol. The third-order valence-corrected chi connectivity index (χ3v) is 3.47. The molecule has 6 heteroatoms. The molecule has 1 aromatic carbocycles. The number of rotatable bonds is 6. The van der Waals surface area contributed by atoms with Gasteiger partial charge in [0.05, 0.1) is 39.5 Å². The molecule has 0 saturated carbocycles. The molecule has 0 radical (unpaired) electrons. The molecule has 3 N–H and O–H groups in total. The van der Waals surface area contributed by atoms with Crippen molar-refractivity contribution in [3.63, 3.8) is 0 Å². The van der Waals surface area contributed by atoms with Crippen LogP contribution in [-0.2, 0) is 11.3 Å². The summed E-state index contributed by atoms with van der Waals surface area (Å²) in [6.45, 7) is 6.03. The van der Waals surface area contributed by atoms with Crippen molar-refractivity contribution in [2.24, 2.45) is 11.1 Å². The van der Waals surface area contributed by atoms with Crippen molar-refractivity contribution >= 4 is 5.91 Å². The number of benzene rings is 1. The minimum Gasteiger partial charge on any atom is -0.496 e. The highest BCUT2D eigenvalue weighted by molar-refractivity contribution is 5.82. The molecule has 0 aliphatic heterocycles. The van der Waals surface area contributed by atoms with Crippen LogP contribution in [0.5, 0.6) is 17.2 Å². The van der Waals surface area contributed by atoms with Gasteiger partial charge in [-0.1, -0.05) is 20.8 Å². The fourth-order valence-corrected chi connectivity index (χ4v) is 1.93. The maximum atomic E-state index is 12.1. The summed E-state index contributed by atoms with van der Waals surface area (Å²) in [4.78, 5) is 12.1. The zero-order valence-corrected chi connectivity index (χ0v) is 14.1. The van der Waals surface area contributed by atoms with Crippen molar-refractivity contribution in [2.45, 2.75) is 33.4 Å². The predicted octanol–water partition coefficient (Wildman–Crippen LogP) is 1.70.